The van der Waals surface area contributed by atoms with E-state index in [4.69, 9.17) is 9.47 Å². The molecule has 0 N–H and O–H groups in total. The van der Waals surface area contributed by atoms with E-state index in [-0.39, 0.29) is 0 Å². The quantitative estimate of drug-likeness (QED) is 0.178. The maximum absolute atomic E-state index is 6.99. The van der Waals surface area contributed by atoms with E-state index in [2.05, 4.69) is 229 Å². The Kier molecular flexibility index (Phi) is 6.97. The molecule has 1 unspecified atom stereocenters. The molecule has 2 aliphatic heterocycles. The molecule has 0 amide bonds. The lowest BCUT2D eigenvalue weighted by Crippen LogP contribution is -2.32. The zero-order valence-electron chi connectivity index (χ0n) is 34.1. The second kappa shape index (κ2) is 12.7. The summed E-state index contributed by atoms with van der Waals surface area (Å²) in [5.74, 6) is 3.57. The van der Waals surface area contributed by atoms with Crippen LogP contribution in [0.4, 0.5) is 17.1 Å². The topological polar surface area (TPSA) is 21.7 Å². The zero-order chi connectivity index (χ0) is 41.3. The number of hydrogen-bond donors (Lipinski definition) is 0. The van der Waals surface area contributed by atoms with Gasteiger partial charge in [0.25, 0.3) is 0 Å². The van der Waals surface area contributed by atoms with Gasteiger partial charge >= 0.3 is 0 Å². The number of anilines is 3. The Balaban J connectivity index is 1.07. The molecule has 2 spiro atoms. The molecule has 3 heteroatoms. The Hall–Kier alpha value is -8.14. The van der Waals surface area contributed by atoms with E-state index in [0.29, 0.717) is 0 Å². The molecule has 0 aromatic heterocycles. The lowest BCUT2D eigenvalue weighted by molar-refractivity contribution is 0.436. The van der Waals surface area contributed by atoms with E-state index in [9.17, 15) is 0 Å². The minimum Gasteiger partial charge on any atom is -0.457 e. The second-order valence-electron chi connectivity index (χ2n) is 17.0. The molecular weight excluding hydrogens is 767 g/mol. The molecule has 14 rings (SSSR count). The standard InChI is InChI=1S/C60H37NO2/c1-2-18-39(19-3-1)61(53-29-16-28-50-57(53)44-22-7-9-24-46(44)59(50)47-25-10-13-30-54(47)62-55-31-14-11-26-48(55)59)40-34-35-43-42-21-6-8-23-45(42)60(52(43)37-40)49-27-12-15-32-56(49)63-58-41-20-5-4-17-38(41)33-36-51(58)60/h1-37H. The molecule has 0 saturated heterocycles. The predicted octanol–water partition coefficient (Wildman–Crippen LogP) is 15.2. The first-order chi connectivity index (χ1) is 31.3. The third kappa shape index (κ3) is 4.38. The van der Waals surface area contributed by atoms with Gasteiger partial charge in [-0.2, -0.15) is 0 Å². The van der Waals surface area contributed by atoms with Gasteiger partial charge in [-0.05, 0) is 92.9 Å². The Morgan fingerprint density at radius 1 is 0.317 bits per heavy atom. The van der Waals surface area contributed by atoms with Crippen molar-refractivity contribution in [2.75, 3.05) is 4.90 Å². The normalized spacial score (nSPS) is 16.1. The van der Waals surface area contributed by atoms with Crippen molar-refractivity contribution in [2.24, 2.45) is 0 Å². The van der Waals surface area contributed by atoms with Crippen molar-refractivity contribution in [3.8, 4) is 45.3 Å². The average Bonchev–Trinajstić information content (AvgIpc) is 3.80. The van der Waals surface area contributed by atoms with E-state index in [1.807, 2.05) is 0 Å². The van der Waals surface area contributed by atoms with Crippen LogP contribution in [0.2, 0.25) is 0 Å². The van der Waals surface area contributed by atoms with Crippen molar-refractivity contribution in [2.45, 2.75) is 10.8 Å². The van der Waals surface area contributed by atoms with Gasteiger partial charge in [-0.25, -0.2) is 0 Å². The fourth-order valence-electron chi connectivity index (χ4n) is 11.8. The first kappa shape index (κ1) is 34.6. The van der Waals surface area contributed by atoms with Crippen molar-refractivity contribution < 1.29 is 9.47 Å². The fourth-order valence-corrected chi connectivity index (χ4v) is 11.8. The summed E-state index contributed by atoms with van der Waals surface area (Å²) in [5, 5.41) is 2.27. The lowest BCUT2D eigenvalue weighted by Gasteiger charge is -2.40. The highest BCUT2D eigenvalue weighted by atomic mass is 16.5. The minimum atomic E-state index is -0.636. The predicted molar refractivity (Wildman–Crippen MR) is 253 cm³/mol. The van der Waals surface area contributed by atoms with Crippen LogP contribution in [0.25, 0.3) is 33.0 Å². The number of hydrogen-bond acceptors (Lipinski definition) is 3. The Morgan fingerprint density at radius 2 is 0.857 bits per heavy atom. The highest BCUT2D eigenvalue weighted by Gasteiger charge is 2.53. The Labute approximate surface area is 365 Å². The van der Waals surface area contributed by atoms with Gasteiger partial charge in [-0.3, -0.25) is 0 Å². The van der Waals surface area contributed by atoms with Gasteiger partial charge in [0.15, 0.2) is 0 Å². The number of para-hydroxylation sites is 4. The molecule has 10 aromatic carbocycles. The molecular formula is C60H37NO2. The van der Waals surface area contributed by atoms with E-state index >= 15 is 0 Å². The second-order valence-corrected chi connectivity index (χ2v) is 17.0. The largest absolute Gasteiger partial charge is 0.457 e. The van der Waals surface area contributed by atoms with E-state index < -0.39 is 10.8 Å². The maximum atomic E-state index is 6.99. The van der Waals surface area contributed by atoms with Crippen LogP contribution >= 0.6 is 0 Å². The Bertz CT molecular complexity index is 3510. The molecule has 0 saturated carbocycles. The third-order valence-corrected chi connectivity index (χ3v) is 14.2. The summed E-state index contributed by atoms with van der Waals surface area (Å²) in [6, 6.07) is 81.9. The maximum Gasteiger partial charge on any atom is 0.140 e. The van der Waals surface area contributed by atoms with Crippen LogP contribution in [0.15, 0.2) is 224 Å². The van der Waals surface area contributed by atoms with Crippen LogP contribution in [0.5, 0.6) is 23.0 Å². The summed E-state index contributed by atoms with van der Waals surface area (Å²) in [7, 11) is 0. The van der Waals surface area contributed by atoms with Crippen molar-refractivity contribution in [1.82, 2.24) is 0 Å². The van der Waals surface area contributed by atoms with E-state index in [0.717, 1.165) is 73.1 Å². The Morgan fingerprint density at radius 3 is 1.59 bits per heavy atom. The summed E-state index contributed by atoms with van der Waals surface area (Å²) >= 11 is 0. The van der Waals surface area contributed by atoms with E-state index in [1.54, 1.807) is 0 Å². The summed E-state index contributed by atoms with van der Waals surface area (Å²) in [4.78, 5) is 2.48. The molecule has 63 heavy (non-hydrogen) atoms. The van der Waals surface area contributed by atoms with Gasteiger partial charge in [0.1, 0.15) is 23.0 Å². The number of fused-ring (bicyclic) bond motifs is 20. The van der Waals surface area contributed by atoms with E-state index in [1.165, 1.54) is 44.5 Å². The minimum absolute atomic E-state index is 0.586. The molecule has 0 bridgehead atoms. The first-order valence-corrected chi connectivity index (χ1v) is 21.8. The first-order valence-electron chi connectivity index (χ1n) is 21.8. The SMILES string of the molecule is c1ccc(N(c2ccc3c(c2)C2(c4ccccc4Oc4c2ccc2ccccc42)c2ccccc2-3)c2cccc3c2-c2ccccc2C32c3ccccc3Oc3ccccc32)cc1. The smallest absolute Gasteiger partial charge is 0.140 e. The lowest BCUT2D eigenvalue weighted by atomic mass is 9.65. The third-order valence-electron chi connectivity index (χ3n) is 14.2. The fraction of sp³-hybridized carbons (Fsp3) is 0.0333. The van der Waals surface area contributed by atoms with Crippen molar-refractivity contribution in [3.05, 3.63) is 269 Å². The molecule has 10 aromatic rings. The highest BCUT2D eigenvalue weighted by molar-refractivity contribution is 6.00. The van der Waals surface area contributed by atoms with Crippen LogP contribution < -0.4 is 14.4 Å². The van der Waals surface area contributed by atoms with Crippen molar-refractivity contribution in [1.29, 1.82) is 0 Å². The zero-order valence-corrected chi connectivity index (χ0v) is 34.1. The number of nitrogens with zero attached hydrogens (tertiary/aromatic N) is 1. The summed E-state index contributed by atoms with van der Waals surface area (Å²) in [6.45, 7) is 0. The van der Waals surface area contributed by atoms with Crippen molar-refractivity contribution >= 4 is 27.8 Å². The van der Waals surface area contributed by atoms with Gasteiger partial charge in [-0.15, -0.1) is 0 Å². The highest BCUT2D eigenvalue weighted by Crippen LogP contribution is 2.66. The molecule has 0 fully saturated rings. The average molecular weight is 804 g/mol. The molecule has 0 radical (unpaired) electrons. The van der Waals surface area contributed by atoms with Crippen LogP contribution in [0, 0.1) is 0 Å². The molecule has 3 nitrogen and oxygen atoms in total. The monoisotopic (exact) mass is 803 g/mol. The van der Waals surface area contributed by atoms with Crippen LogP contribution in [-0.2, 0) is 10.8 Å². The van der Waals surface area contributed by atoms with Gasteiger partial charge in [-0.1, -0.05) is 176 Å². The number of rotatable bonds is 3. The van der Waals surface area contributed by atoms with Gasteiger partial charge in [0.2, 0.25) is 0 Å². The molecule has 4 aliphatic rings. The number of ether oxygens (including phenoxy) is 2. The van der Waals surface area contributed by atoms with Gasteiger partial charge < -0.3 is 14.4 Å². The van der Waals surface area contributed by atoms with Crippen LogP contribution in [-0.4, -0.2) is 0 Å². The van der Waals surface area contributed by atoms with Gasteiger partial charge in [0.05, 0.1) is 16.5 Å². The summed E-state index contributed by atoms with van der Waals surface area (Å²) < 4.78 is 13.7. The summed E-state index contributed by atoms with van der Waals surface area (Å²) in [5.41, 5.74) is 16.6. The van der Waals surface area contributed by atoms with Crippen LogP contribution in [0.1, 0.15) is 44.5 Å². The molecule has 1 atom stereocenters. The van der Waals surface area contributed by atoms with Gasteiger partial charge in [0, 0.05) is 44.6 Å². The summed E-state index contributed by atoms with van der Waals surface area (Å²) in [6.07, 6.45) is 0. The number of benzene rings is 10. The van der Waals surface area contributed by atoms with Crippen LogP contribution in [0.3, 0.4) is 0 Å². The molecule has 2 heterocycles. The van der Waals surface area contributed by atoms with Crippen molar-refractivity contribution in [3.63, 3.8) is 0 Å². The molecule has 2 aliphatic carbocycles. The molecule has 294 valence electrons.